The van der Waals surface area contributed by atoms with Crippen LogP contribution in [-0.4, -0.2) is 19.1 Å². The van der Waals surface area contributed by atoms with Gasteiger partial charge in [0.2, 0.25) is 5.91 Å². The molecule has 2 aromatic rings. The maximum atomic E-state index is 11.9. The molecule has 1 aliphatic rings. The maximum absolute atomic E-state index is 11.9. The molecule has 1 heterocycles. The smallest absolute Gasteiger partial charge is 0.223 e. The summed E-state index contributed by atoms with van der Waals surface area (Å²) in [5.41, 5.74) is 3.41. The van der Waals surface area contributed by atoms with Crippen LogP contribution in [0.3, 0.4) is 0 Å². The second-order valence-corrected chi connectivity index (χ2v) is 5.25. The number of nitrogens with zero attached hydrogens (tertiary/aromatic N) is 1. The van der Waals surface area contributed by atoms with E-state index in [4.69, 9.17) is 4.74 Å². The Bertz CT molecular complexity index is 652. The van der Waals surface area contributed by atoms with Crippen LogP contribution in [0.2, 0.25) is 0 Å². The van der Waals surface area contributed by atoms with Gasteiger partial charge in [-0.2, -0.15) is 0 Å². The lowest BCUT2D eigenvalue weighted by molar-refractivity contribution is -0.116. The van der Waals surface area contributed by atoms with Crippen LogP contribution in [0, 0.1) is 0 Å². The van der Waals surface area contributed by atoms with E-state index in [1.165, 1.54) is 11.1 Å². The summed E-state index contributed by atoms with van der Waals surface area (Å²) in [5, 5.41) is 0. The minimum absolute atomic E-state index is 0.0725. The van der Waals surface area contributed by atoms with Crippen molar-refractivity contribution in [1.82, 2.24) is 0 Å². The minimum atomic E-state index is 0.0725. The average Bonchev–Trinajstić information content (AvgIpc) is 2.87. The first-order chi connectivity index (χ1) is 10.2. The number of amides is 1. The van der Waals surface area contributed by atoms with Crippen LogP contribution in [0.1, 0.15) is 30.9 Å². The van der Waals surface area contributed by atoms with E-state index in [1.54, 1.807) is 6.92 Å². The van der Waals surface area contributed by atoms with Crippen molar-refractivity contribution in [3.05, 3.63) is 59.7 Å². The first-order valence-corrected chi connectivity index (χ1v) is 7.30. The monoisotopic (exact) mass is 281 g/mol. The van der Waals surface area contributed by atoms with Crippen LogP contribution in [0.5, 0.6) is 5.75 Å². The number of ether oxygens (including phenoxy) is 1. The van der Waals surface area contributed by atoms with Gasteiger partial charge in [-0.25, -0.2) is 0 Å². The van der Waals surface area contributed by atoms with Crippen molar-refractivity contribution in [1.29, 1.82) is 0 Å². The molecule has 0 N–H and O–H groups in total. The molecule has 0 saturated carbocycles. The van der Waals surface area contributed by atoms with Gasteiger partial charge in [-0.1, -0.05) is 36.4 Å². The summed E-state index contributed by atoms with van der Waals surface area (Å²) in [6, 6.07) is 16.4. The van der Waals surface area contributed by atoms with Crippen molar-refractivity contribution in [3.63, 3.8) is 0 Å². The van der Waals surface area contributed by atoms with Crippen molar-refractivity contribution in [2.75, 3.05) is 18.1 Å². The fourth-order valence-corrected chi connectivity index (χ4v) is 2.96. The Labute approximate surface area is 125 Å². The Morgan fingerprint density at radius 3 is 2.67 bits per heavy atom. The largest absolute Gasteiger partial charge is 0.494 e. The molecule has 3 nitrogen and oxygen atoms in total. The summed E-state index contributed by atoms with van der Waals surface area (Å²) >= 11 is 0. The lowest BCUT2D eigenvalue weighted by Gasteiger charge is -2.16. The van der Waals surface area contributed by atoms with Gasteiger partial charge in [0.05, 0.1) is 12.3 Å². The van der Waals surface area contributed by atoms with Crippen LogP contribution in [0.4, 0.5) is 5.69 Å². The van der Waals surface area contributed by atoms with Gasteiger partial charge >= 0.3 is 0 Å². The highest BCUT2D eigenvalue weighted by atomic mass is 16.5. The molecular weight excluding hydrogens is 262 g/mol. The summed E-state index contributed by atoms with van der Waals surface area (Å²) in [5.74, 6) is 1.13. The van der Waals surface area contributed by atoms with Crippen molar-refractivity contribution in [2.24, 2.45) is 0 Å². The lowest BCUT2D eigenvalue weighted by atomic mass is 9.93. The first-order valence-electron chi connectivity index (χ1n) is 7.30. The van der Waals surface area contributed by atoms with E-state index < -0.39 is 0 Å². The van der Waals surface area contributed by atoms with Gasteiger partial charge in [0, 0.05) is 25.5 Å². The molecule has 108 valence electrons. The van der Waals surface area contributed by atoms with Gasteiger partial charge in [-0.05, 0) is 24.1 Å². The number of carbonyl (C=O) groups is 1. The predicted molar refractivity (Wildman–Crippen MR) is 83.9 cm³/mol. The summed E-state index contributed by atoms with van der Waals surface area (Å²) < 4.78 is 5.56. The Hall–Kier alpha value is -2.29. The fourth-order valence-electron chi connectivity index (χ4n) is 2.96. The van der Waals surface area contributed by atoms with Crippen LogP contribution in [0.15, 0.2) is 48.5 Å². The molecule has 21 heavy (non-hydrogen) atoms. The number of hydrogen-bond donors (Lipinski definition) is 0. The Balaban J connectivity index is 2.04. The highest BCUT2D eigenvalue weighted by molar-refractivity contribution is 5.94. The van der Waals surface area contributed by atoms with Crippen LogP contribution in [-0.2, 0) is 4.79 Å². The van der Waals surface area contributed by atoms with Crippen molar-refractivity contribution in [2.45, 2.75) is 19.8 Å². The number of anilines is 1. The second kappa shape index (κ2) is 5.60. The highest BCUT2D eigenvalue weighted by Gasteiger charge is 2.32. The molecule has 0 spiro atoms. The molecule has 3 rings (SSSR count). The Kier molecular flexibility index (Phi) is 3.65. The van der Waals surface area contributed by atoms with Crippen molar-refractivity contribution >= 4 is 11.6 Å². The second-order valence-electron chi connectivity index (χ2n) is 5.25. The molecule has 0 aromatic heterocycles. The molecule has 1 amide bonds. The number of benzene rings is 2. The van der Waals surface area contributed by atoms with Gasteiger partial charge in [0.15, 0.2) is 0 Å². The summed E-state index contributed by atoms with van der Waals surface area (Å²) in [6.45, 7) is 4.90. The first kappa shape index (κ1) is 13.7. The quantitative estimate of drug-likeness (QED) is 0.860. The van der Waals surface area contributed by atoms with E-state index >= 15 is 0 Å². The number of carbonyl (C=O) groups excluding carboxylic acids is 1. The molecule has 0 fully saturated rings. The zero-order valence-electron chi connectivity index (χ0n) is 12.4. The lowest BCUT2D eigenvalue weighted by Crippen LogP contribution is -2.27. The molecule has 0 radical (unpaired) electrons. The standard InChI is InChI=1S/C18H19NO2/c1-3-21-15-9-10-16-17(14-7-5-4-6-8-14)12-19(13(2)20)18(16)11-15/h4-11,17H,3,12H2,1-2H3. The van der Waals surface area contributed by atoms with Gasteiger partial charge in [-0.3, -0.25) is 4.79 Å². The highest BCUT2D eigenvalue weighted by Crippen LogP contribution is 2.41. The predicted octanol–water partition coefficient (Wildman–Crippen LogP) is 3.58. The summed E-state index contributed by atoms with van der Waals surface area (Å²) in [4.78, 5) is 13.8. The van der Waals surface area contributed by atoms with E-state index in [2.05, 4.69) is 18.2 Å². The minimum Gasteiger partial charge on any atom is -0.494 e. The Morgan fingerprint density at radius 1 is 1.24 bits per heavy atom. The zero-order chi connectivity index (χ0) is 14.8. The van der Waals surface area contributed by atoms with Gasteiger partial charge < -0.3 is 9.64 Å². The van der Waals surface area contributed by atoms with Gasteiger partial charge in [-0.15, -0.1) is 0 Å². The van der Waals surface area contributed by atoms with E-state index in [-0.39, 0.29) is 11.8 Å². The van der Waals surface area contributed by atoms with E-state index in [9.17, 15) is 4.79 Å². The Morgan fingerprint density at radius 2 is 2.00 bits per heavy atom. The van der Waals surface area contributed by atoms with Gasteiger partial charge in [0.1, 0.15) is 5.75 Å². The summed E-state index contributed by atoms with van der Waals surface area (Å²) in [6.07, 6.45) is 0. The van der Waals surface area contributed by atoms with Gasteiger partial charge in [0.25, 0.3) is 0 Å². The van der Waals surface area contributed by atoms with Crippen LogP contribution >= 0.6 is 0 Å². The third-order valence-corrected chi connectivity index (χ3v) is 3.93. The van der Waals surface area contributed by atoms with Crippen molar-refractivity contribution < 1.29 is 9.53 Å². The van der Waals surface area contributed by atoms with Crippen LogP contribution in [0.25, 0.3) is 0 Å². The molecule has 1 atom stereocenters. The molecular formula is C18H19NO2. The maximum Gasteiger partial charge on any atom is 0.223 e. The summed E-state index contributed by atoms with van der Waals surface area (Å²) in [7, 11) is 0. The van der Waals surface area contributed by atoms with Crippen molar-refractivity contribution in [3.8, 4) is 5.75 Å². The molecule has 1 unspecified atom stereocenters. The third-order valence-electron chi connectivity index (χ3n) is 3.93. The molecule has 0 saturated heterocycles. The SMILES string of the molecule is CCOc1ccc2c(c1)N(C(C)=O)CC2c1ccccc1. The topological polar surface area (TPSA) is 29.5 Å². The van der Waals surface area contributed by atoms with Crippen LogP contribution < -0.4 is 9.64 Å². The van der Waals surface area contributed by atoms with E-state index in [0.29, 0.717) is 13.2 Å². The molecule has 2 aromatic carbocycles. The third kappa shape index (κ3) is 2.51. The molecule has 3 heteroatoms. The number of hydrogen-bond acceptors (Lipinski definition) is 2. The molecule has 1 aliphatic heterocycles. The average molecular weight is 281 g/mol. The van der Waals surface area contributed by atoms with E-state index in [0.717, 1.165) is 11.4 Å². The number of rotatable bonds is 3. The fraction of sp³-hybridized carbons (Fsp3) is 0.278. The zero-order valence-corrected chi connectivity index (χ0v) is 12.4. The normalized spacial score (nSPS) is 16.7. The number of fused-ring (bicyclic) bond motifs is 1. The molecule has 0 aliphatic carbocycles. The molecule has 0 bridgehead atoms. The van der Waals surface area contributed by atoms with E-state index in [1.807, 2.05) is 42.2 Å².